The number of ether oxygens (including phenoxy) is 2. The first-order chi connectivity index (χ1) is 16.3. The molecule has 15 heteroatoms. The lowest BCUT2D eigenvalue weighted by molar-refractivity contribution is -0.671. The summed E-state index contributed by atoms with van der Waals surface area (Å²) in [6.45, 7) is 2.06. The highest BCUT2D eigenvalue weighted by Gasteiger charge is 2.37. The normalized spacial score (nSPS) is 15.5. The van der Waals surface area contributed by atoms with Gasteiger partial charge in [-0.3, -0.25) is 10.1 Å². The molecule has 1 aromatic heterocycles. The van der Waals surface area contributed by atoms with Crippen LogP contribution in [0.2, 0.25) is 0 Å². The van der Waals surface area contributed by atoms with Crippen LogP contribution in [0.3, 0.4) is 0 Å². The van der Waals surface area contributed by atoms with E-state index in [1.807, 2.05) is 41.0 Å². The van der Waals surface area contributed by atoms with Gasteiger partial charge < -0.3 is 32.5 Å². The summed E-state index contributed by atoms with van der Waals surface area (Å²) in [5.74, 6) is -1.58. The third-order valence-electron chi connectivity index (χ3n) is 4.65. The van der Waals surface area contributed by atoms with Crippen molar-refractivity contribution >= 4 is 18.9 Å². The predicted molar refractivity (Wildman–Crippen MR) is 113 cm³/mol. The first kappa shape index (κ1) is 26.9. The molecule has 0 bridgehead atoms. The second-order valence-electron chi connectivity index (χ2n) is 7.19. The van der Waals surface area contributed by atoms with Crippen LogP contribution in [-0.4, -0.2) is 29.3 Å². The Kier molecular flexibility index (Phi) is 8.60. The van der Waals surface area contributed by atoms with Crippen LogP contribution in [0.25, 0.3) is 0 Å². The Morgan fingerprint density at radius 3 is 2.60 bits per heavy atom. The molecule has 0 fully saturated rings. The average molecular weight is 497 g/mol. The Bertz CT molecular complexity index is 1210. The Morgan fingerprint density at radius 1 is 1.40 bits per heavy atom. The molecule has 10 nitrogen and oxygen atoms in total. The van der Waals surface area contributed by atoms with Gasteiger partial charge in [0.1, 0.15) is 42.9 Å². The van der Waals surface area contributed by atoms with Crippen LogP contribution < -0.4 is 10.3 Å². The molecule has 1 unspecified atom stereocenters. The Hall–Kier alpha value is -4.35. The van der Waals surface area contributed by atoms with E-state index in [4.69, 9.17) is 15.2 Å². The van der Waals surface area contributed by atoms with Gasteiger partial charge in [-0.1, -0.05) is 12.1 Å². The number of aromatic nitrogens is 2. The van der Waals surface area contributed by atoms with Crippen LogP contribution in [0.15, 0.2) is 65.8 Å². The number of allylic oxidation sites excluding steroid dienone is 2. The van der Waals surface area contributed by atoms with Gasteiger partial charge in [-0.2, -0.15) is 5.26 Å². The first-order valence-electron chi connectivity index (χ1n) is 9.90. The van der Waals surface area contributed by atoms with Crippen LogP contribution in [0.5, 0.6) is 0 Å². The number of carbonyl (C=O) groups is 1. The lowest BCUT2D eigenvalue weighted by Gasteiger charge is -2.26. The second-order valence-corrected chi connectivity index (χ2v) is 7.19. The van der Waals surface area contributed by atoms with Gasteiger partial charge in [0.05, 0.1) is 23.5 Å². The van der Waals surface area contributed by atoms with Gasteiger partial charge in [0, 0.05) is 12.1 Å². The van der Waals surface area contributed by atoms with E-state index in [2.05, 4.69) is 0 Å². The number of nitro groups is 1. The number of aryl methyl sites for hydroxylation is 1. The van der Waals surface area contributed by atoms with Crippen molar-refractivity contribution in [2.24, 2.45) is 12.8 Å². The first-order valence-corrected chi connectivity index (χ1v) is 9.90. The van der Waals surface area contributed by atoms with E-state index in [0.29, 0.717) is 12.1 Å². The van der Waals surface area contributed by atoms with Crippen molar-refractivity contribution in [3.05, 3.63) is 81.5 Å². The molecule has 0 spiro atoms. The minimum Gasteiger partial charge on any atom is -0.458 e. The zero-order chi connectivity index (χ0) is 26.3. The van der Waals surface area contributed by atoms with E-state index < -0.39 is 24.1 Å². The van der Waals surface area contributed by atoms with E-state index in [9.17, 15) is 37.4 Å². The number of benzene rings is 1. The van der Waals surface area contributed by atoms with E-state index in [0.717, 1.165) is 0 Å². The summed E-state index contributed by atoms with van der Waals surface area (Å²) in [6.07, 6.45) is 5.53. The molecule has 0 saturated carbocycles. The number of rotatable bonds is 6. The monoisotopic (exact) mass is 497 g/mol. The maximum absolute atomic E-state index is 12.9. The quantitative estimate of drug-likeness (QED) is 0.162. The van der Waals surface area contributed by atoms with Crippen LogP contribution in [0, 0.1) is 21.4 Å². The van der Waals surface area contributed by atoms with Gasteiger partial charge in [-0.15, -0.1) is 0 Å². The topological polar surface area (TPSA) is 137 Å². The van der Waals surface area contributed by atoms with Crippen molar-refractivity contribution in [1.82, 2.24) is 4.57 Å². The standard InChI is InChI=1S/C20H20N5O5.BF4/c1-13-17(20(26)29-9-8-24-7-6-23(2)12-24)18(16(11-21)19(22)30-13)14-4-3-5-15(10-14)25(27)28;2-1(3,4)5/h3-7,10,12,18H,8-9,22H2,1-2H3;/q+1;-1. The predicted octanol–water partition coefficient (Wildman–Crippen LogP) is 2.85. The maximum Gasteiger partial charge on any atom is 0.673 e. The Balaban J connectivity index is 0.000000784. The number of nitro benzene ring substituents is 1. The molecule has 1 aliphatic rings. The van der Waals surface area contributed by atoms with Crippen molar-refractivity contribution in [2.75, 3.05) is 6.61 Å². The van der Waals surface area contributed by atoms with Crippen molar-refractivity contribution in [1.29, 1.82) is 5.26 Å². The van der Waals surface area contributed by atoms with Crippen LogP contribution in [-0.2, 0) is 27.9 Å². The molecule has 0 amide bonds. The summed E-state index contributed by atoms with van der Waals surface area (Å²) in [4.78, 5) is 23.5. The lowest BCUT2D eigenvalue weighted by atomic mass is 9.83. The zero-order valence-corrected chi connectivity index (χ0v) is 18.5. The third kappa shape index (κ3) is 7.59. The summed E-state index contributed by atoms with van der Waals surface area (Å²) < 4.78 is 53.5. The van der Waals surface area contributed by atoms with Crippen molar-refractivity contribution in [2.45, 2.75) is 19.4 Å². The van der Waals surface area contributed by atoms with Gasteiger partial charge in [0.2, 0.25) is 12.2 Å². The molecule has 0 aliphatic carbocycles. The van der Waals surface area contributed by atoms with Crippen molar-refractivity contribution < 1.29 is 41.0 Å². The molecule has 2 aromatic rings. The number of imidazole rings is 1. The fourth-order valence-electron chi connectivity index (χ4n) is 3.25. The minimum absolute atomic E-state index is 0.00881. The Labute approximate surface area is 196 Å². The zero-order valence-electron chi connectivity index (χ0n) is 18.5. The van der Waals surface area contributed by atoms with Gasteiger partial charge >= 0.3 is 13.2 Å². The number of nitriles is 1. The summed E-state index contributed by atoms with van der Waals surface area (Å²) >= 11 is 0. The number of hydrogen-bond acceptors (Lipinski definition) is 7. The number of esters is 1. The molecule has 35 heavy (non-hydrogen) atoms. The fourth-order valence-corrected chi connectivity index (χ4v) is 3.25. The average Bonchev–Trinajstić information content (AvgIpc) is 3.17. The largest absolute Gasteiger partial charge is 0.673 e. The number of halogens is 4. The van der Waals surface area contributed by atoms with E-state index >= 15 is 0 Å². The molecular weight excluding hydrogens is 477 g/mol. The molecule has 0 radical (unpaired) electrons. The SMILES string of the molecule is CC1=C(C(=O)OCCn2cc[n+](C)c2)C(c2cccc([N+](=O)[O-])c2)C(C#N)=C(N)O1.F[B-](F)(F)F. The second kappa shape index (κ2) is 11.2. The molecule has 2 heterocycles. The van der Waals surface area contributed by atoms with Gasteiger partial charge in [0.15, 0.2) is 0 Å². The lowest BCUT2D eigenvalue weighted by Crippen LogP contribution is -2.26. The number of non-ortho nitro benzene ring substituents is 1. The Morgan fingerprint density at radius 2 is 2.06 bits per heavy atom. The molecule has 1 aromatic carbocycles. The maximum atomic E-state index is 12.9. The van der Waals surface area contributed by atoms with Crippen LogP contribution >= 0.6 is 0 Å². The molecule has 2 N–H and O–H groups in total. The highest BCUT2D eigenvalue weighted by molar-refractivity contribution is 6.50. The number of nitrogens with two attached hydrogens (primary N) is 1. The highest BCUT2D eigenvalue weighted by Crippen LogP contribution is 2.40. The minimum atomic E-state index is -6.00. The smallest absolute Gasteiger partial charge is 0.458 e. The molecule has 3 rings (SSSR count). The number of carbonyl (C=O) groups excluding carboxylic acids is 1. The van der Waals surface area contributed by atoms with E-state index in [1.165, 1.54) is 25.1 Å². The molecular formula is C20H20BF4N5O5. The highest BCUT2D eigenvalue weighted by atomic mass is 19.5. The molecule has 0 saturated heterocycles. The molecule has 1 aliphatic heterocycles. The summed E-state index contributed by atoms with van der Waals surface area (Å²) in [5, 5.41) is 20.8. The van der Waals surface area contributed by atoms with Gasteiger partial charge in [-0.25, -0.2) is 13.9 Å². The van der Waals surface area contributed by atoms with E-state index in [-0.39, 0.29) is 35.1 Å². The van der Waals surface area contributed by atoms with Crippen molar-refractivity contribution in [3.63, 3.8) is 0 Å². The molecule has 1 atom stereocenters. The fraction of sp³-hybridized carbons (Fsp3) is 0.250. The summed E-state index contributed by atoms with van der Waals surface area (Å²) in [5.41, 5.74) is 6.13. The number of hydrogen-bond donors (Lipinski definition) is 1. The van der Waals surface area contributed by atoms with Crippen LogP contribution in [0.1, 0.15) is 18.4 Å². The van der Waals surface area contributed by atoms with Crippen molar-refractivity contribution in [3.8, 4) is 6.07 Å². The number of nitrogens with zero attached hydrogens (tertiary/aromatic N) is 4. The molecule has 186 valence electrons. The summed E-state index contributed by atoms with van der Waals surface area (Å²) in [7, 11) is -4.13. The van der Waals surface area contributed by atoms with Gasteiger partial charge in [0.25, 0.3) is 5.69 Å². The van der Waals surface area contributed by atoms with E-state index in [1.54, 1.807) is 6.07 Å². The van der Waals surface area contributed by atoms with Crippen LogP contribution in [0.4, 0.5) is 23.0 Å². The summed E-state index contributed by atoms with van der Waals surface area (Å²) in [6, 6.07) is 7.66. The third-order valence-corrected chi connectivity index (χ3v) is 4.65. The van der Waals surface area contributed by atoms with Gasteiger partial charge in [-0.05, 0) is 12.5 Å².